The average molecular weight is 183 g/mol. The van der Waals surface area contributed by atoms with Gasteiger partial charge in [0.2, 0.25) is 0 Å². The average Bonchev–Trinajstić information content (AvgIpc) is 2.20. The first-order chi connectivity index (χ1) is 6.74. The Bertz CT molecular complexity index is 387. The monoisotopic (exact) mass is 183 g/mol. The van der Waals surface area contributed by atoms with Crippen molar-refractivity contribution in [1.82, 2.24) is 0 Å². The Kier molecular flexibility index (Phi) is 3.69. The van der Waals surface area contributed by atoms with Crippen molar-refractivity contribution < 1.29 is 0 Å². The maximum atomic E-state index is 8.94. The lowest BCUT2D eigenvalue weighted by Gasteiger charge is -1.96. The zero-order chi connectivity index (χ0) is 10.4. The van der Waals surface area contributed by atoms with E-state index in [1.807, 2.05) is 56.3 Å². The molecule has 0 aliphatic heterocycles. The van der Waals surface area contributed by atoms with Crippen LogP contribution in [0.25, 0.3) is 5.57 Å². The molecule has 0 spiro atoms. The highest BCUT2D eigenvalue weighted by Gasteiger charge is 1.96. The van der Waals surface area contributed by atoms with Crippen molar-refractivity contribution in [3.63, 3.8) is 0 Å². The van der Waals surface area contributed by atoms with E-state index in [-0.39, 0.29) is 0 Å². The van der Waals surface area contributed by atoms with Gasteiger partial charge in [0.05, 0.1) is 11.6 Å². The molecule has 0 aliphatic carbocycles. The minimum Gasteiger partial charge on any atom is -0.192 e. The summed E-state index contributed by atoms with van der Waals surface area (Å²) in [6.45, 7) is 4.02. The molecule has 1 aromatic carbocycles. The fourth-order valence-electron chi connectivity index (χ4n) is 1.07. The van der Waals surface area contributed by atoms with Crippen molar-refractivity contribution in [3.8, 4) is 6.07 Å². The molecule has 1 aromatic rings. The predicted molar refractivity (Wildman–Crippen MR) is 59.5 cm³/mol. The van der Waals surface area contributed by atoms with E-state index in [2.05, 4.69) is 6.07 Å². The molecule has 0 aromatic heterocycles. The maximum Gasteiger partial charge on any atom is 0.0997 e. The molecule has 0 atom stereocenters. The molecule has 1 heteroatoms. The summed E-state index contributed by atoms with van der Waals surface area (Å²) in [6.07, 6.45) is 3.80. The van der Waals surface area contributed by atoms with Crippen LogP contribution in [0.5, 0.6) is 0 Å². The minimum absolute atomic E-state index is 0.701. The van der Waals surface area contributed by atoms with Crippen LogP contribution in [0.4, 0.5) is 0 Å². The van der Waals surface area contributed by atoms with E-state index in [1.165, 1.54) is 5.57 Å². The zero-order valence-electron chi connectivity index (χ0n) is 8.49. The quantitative estimate of drug-likeness (QED) is 0.508. The van der Waals surface area contributed by atoms with Crippen molar-refractivity contribution in [3.05, 3.63) is 53.6 Å². The summed E-state index contributed by atoms with van der Waals surface area (Å²) in [5.74, 6) is 0. The topological polar surface area (TPSA) is 23.8 Å². The molecule has 0 unspecified atom stereocenters. The lowest BCUT2D eigenvalue weighted by atomic mass is 10.1. The van der Waals surface area contributed by atoms with Crippen LogP contribution in [0.3, 0.4) is 0 Å². The first-order valence-corrected chi connectivity index (χ1v) is 4.54. The van der Waals surface area contributed by atoms with E-state index in [0.29, 0.717) is 5.57 Å². The third-order valence-corrected chi connectivity index (χ3v) is 1.79. The number of benzene rings is 1. The molecule has 0 bridgehead atoms. The molecule has 0 fully saturated rings. The van der Waals surface area contributed by atoms with Crippen LogP contribution in [-0.4, -0.2) is 0 Å². The van der Waals surface area contributed by atoms with E-state index in [9.17, 15) is 0 Å². The predicted octanol–water partition coefficient (Wildman–Crippen LogP) is 3.56. The first kappa shape index (κ1) is 10.3. The molecular formula is C13H13N. The van der Waals surface area contributed by atoms with Gasteiger partial charge in [0, 0.05) is 0 Å². The number of nitriles is 1. The van der Waals surface area contributed by atoms with E-state index in [1.54, 1.807) is 0 Å². The summed E-state index contributed by atoms with van der Waals surface area (Å²) in [5, 5.41) is 8.94. The van der Waals surface area contributed by atoms with Crippen LogP contribution in [0.2, 0.25) is 0 Å². The SMILES string of the molecule is CC(C)=C/C=C(/C#N)c1ccccc1. The lowest BCUT2D eigenvalue weighted by molar-refractivity contribution is 1.39. The molecule has 0 aliphatic rings. The van der Waals surface area contributed by atoms with Gasteiger partial charge in [-0.1, -0.05) is 42.0 Å². The fourth-order valence-corrected chi connectivity index (χ4v) is 1.07. The van der Waals surface area contributed by atoms with Crippen LogP contribution in [-0.2, 0) is 0 Å². The molecule has 0 radical (unpaired) electrons. The molecule has 0 N–H and O–H groups in total. The van der Waals surface area contributed by atoms with Gasteiger partial charge in [0.25, 0.3) is 0 Å². The lowest BCUT2D eigenvalue weighted by Crippen LogP contribution is -1.79. The smallest absolute Gasteiger partial charge is 0.0997 e. The van der Waals surface area contributed by atoms with Gasteiger partial charge in [-0.25, -0.2) is 0 Å². The molecule has 1 rings (SSSR count). The summed E-state index contributed by atoms with van der Waals surface area (Å²) < 4.78 is 0. The minimum atomic E-state index is 0.701. The Balaban J connectivity index is 3.01. The molecular weight excluding hydrogens is 170 g/mol. The Hall–Kier alpha value is -1.81. The summed E-state index contributed by atoms with van der Waals surface area (Å²) in [5.41, 5.74) is 2.85. The van der Waals surface area contributed by atoms with Crippen molar-refractivity contribution in [1.29, 1.82) is 5.26 Å². The first-order valence-electron chi connectivity index (χ1n) is 4.54. The van der Waals surface area contributed by atoms with E-state index < -0.39 is 0 Å². The van der Waals surface area contributed by atoms with Crippen LogP contribution >= 0.6 is 0 Å². The number of allylic oxidation sites excluding steroid dienone is 4. The Morgan fingerprint density at radius 3 is 2.29 bits per heavy atom. The maximum absolute atomic E-state index is 8.94. The molecule has 0 amide bonds. The largest absolute Gasteiger partial charge is 0.192 e. The molecule has 0 heterocycles. The van der Waals surface area contributed by atoms with Crippen molar-refractivity contribution in [2.45, 2.75) is 13.8 Å². The second-order valence-electron chi connectivity index (χ2n) is 3.30. The van der Waals surface area contributed by atoms with Crippen molar-refractivity contribution in [2.24, 2.45) is 0 Å². The molecule has 1 nitrogen and oxygen atoms in total. The van der Waals surface area contributed by atoms with Gasteiger partial charge in [0.1, 0.15) is 0 Å². The van der Waals surface area contributed by atoms with Gasteiger partial charge in [-0.05, 0) is 25.5 Å². The van der Waals surface area contributed by atoms with Crippen LogP contribution in [0.15, 0.2) is 48.1 Å². The Morgan fingerprint density at radius 2 is 1.79 bits per heavy atom. The van der Waals surface area contributed by atoms with Crippen LogP contribution < -0.4 is 0 Å². The molecule has 70 valence electrons. The highest BCUT2D eigenvalue weighted by molar-refractivity contribution is 5.77. The van der Waals surface area contributed by atoms with E-state index >= 15 is 0 Å². The van der Waals surface area contributed by atoms with Crippen molar-refractivity contribution in [2.75, 3.05) is 0 Å². The number of nitrogens with zero attached hydrogens (tertiary/aromatic N) is 1. The van der Waals surface area contributed by atoms with Gasteiger partial charge < -0.3 is 0 Å². The summed E-state index contributed by atoms with van der Waals surface area (Å²) in [4.78, 5) is 0. The van der Waals surface area contributed by atoms with Gasteiger partial charge in [-0.2, -0.15) is 5.26 Å². The Labute approximate surface area is 85.0 Å². The Morgan fingerprint density at radius 1 is 1.14 bits per heavy atom. The third-order valence-electron chi connectivity index (χ3n) is 1.79. The number of rotatable bonds is 2. The van der Waals surface area contributed by atoms with E-state index in [0.717, 1.165) is 5.56 Å². The van der Waals surface area contributed by atoms with Crippen LogP contribution in [0, 0.1) is 11.3 Å². The number of hydrogen-bond acceptors (Lipinski definition) is 1. The zero-order valence-corrected chi connectivity index (χ0v) is 8.49. The highest BCUT2D eigenvalue weighted by Crippen LogP contribution is 2.12. The summed E-state index contributed by atoms with van der Waals surface area (Å²) >= 11 is 0. The normalized spacial score (nSPS) is 10.5. The second kappa shape index (κ2) is 5.04. The second-order valence-corrected chi connectivity index (χ2v) is 3.30. The third kappa shape index (κ3) is 2.91. The molecule has 14 heavy (non-hydrogen) atoms. The highest BCUT2D eigenvalue weighted by atomic mass is 14.2. The van der Waals surface area contributed by atoms with Gasteiger partial charge in [-0.3, -0.25) is 0 Å². The van der Waals surface area contributed by atoms with Gasteiger partial charge >= 0.3 is 0 Å². The van der Waals surface area contributed by atoms with Crippen LogP contribution in [0.1, 0.15) is 19.4 Å². The van der Waals surface area contributed by atoms with Crippen molar-refractivity contribution >= 4 is 5.57 Å². The summed E-state index contributed by atoms with van der Waals surface area (Å²) in [6, 6.07) is 11.9. The summed E-state index contributed by atoms with van der Waals surface area (Å²) in [7, 11) is 0. The van der Waals surface area contributed by atoms with Gasteiger partial charge in [-0.15, -0.1) is 0 Å². The van der Waals surface area contributed by atoms with E-state index in [4.69, 9.17) is 5.26 Å². The number of hydrogen-bond donors (Lipinski definition) is 0. The molecule has 0 saturated carbocycles. The fraction of sp³-hybridized carbons (Fsp3) is 0.154. The molecule has 0 saturated heterocycles. The standard InChI is InChI=1S/C13H13N/c1-11(2)8-9-13(10-14)12-6-4-3-5-7-12/h3-9H,1-2H3/b13-9-. The van der Waals surface area contributed by atoms with Gasteiger partial charge in [0.15, 0.2) is 0 Å².